The number of nitrogens with two attached hydrogens (primary N) is 1. The van der Waals surface area contributed by atoms with Crippen molar-refractivity contribution >= 4 is 36.3 Å². The summed E-state index contributed by atoms with van der Waals surface area (Å²) in [7, 11) is 0. The van der Waals surface area contributed by atoms with Crippen molar-refractivity contribution in [1.82, 2.24) is 21.3 Å². The molecule has 0 aromatic rings. The highest BCUT2D eigenvalue weighted by Gasteiger charge is 2.32. The van der Waals surface area contributed by atoms with Crippen molar-refractivity contribution in [3.05, 3.63) is 0 Å². The van der Waals surface area contributed by atoms with Gasteiger partial charge in [0, 0.05) is 5.75 Å². The zero-order valence-corrected chi connectivity index (χ0v) is 18.0. The normalized spacial score (nSPS) is 19.9. The van der Waals surface area contributed by atoms with Crippen LogP contribution in [0.2, 0.25) is 0 Å². The number of aliphatic carboxylic acids is 1. The van der Waals surface area contributed by atoms with Crippen LogP contribution in [-0.2, 0) is 19.2 Å². The molecule has 3 amide bonds. The van der Waals surface area contributed by atoms with Gasteiger partial charge in [0.15, 0.2) is 0 Å². The summed E-state index contributed by atoms with van der Waals surface area (Å²) in [5.41, 5.74) is 5.40. The van der Waals surface area contributed by atoms with Crippen molar-refractivity contribution in [3.63, 3.8) is 0 Å². The first-order chi connectivity index (χ1) is 14.2. The first-order valence-electron chi connectivity index (χ1n) is 10.1. The van der Waals surface area contributed by atoms with Crippen molar-refractivity contribution in [1.29, 1.82) is 0 Å². The number of carboxylic acids is 1. The minimum Gasteiger partial charge on any atom is -0.480 e. The van der Waals surface area contributed by atoms with Crippen LogP contribution >= 0.6 is 12.6 Å². The second kappa shape index (κ2) is 13.4. The Kier molecular flexibility index (Phi) is 11.7. The van der Waals surface area contributed by atoms with Gasteiger partial charge in [-0.1, -0.05) is 0 Å². The van der Waals surface area contributed by atoms with E-state index >= 15 is 0 Å². The average molecular weight is 448 g/mol. The Hall–Kier alpha value is -1.89. The van der Waals surface area contributed by atoms with Gasteiger partial charge in [0.2, 0.25) is 17.7 Å². The van der Waals surface area contributed by atoms with Crippen molar-refractivity contribution in [2.24, 2.45) is 5.73 Å². The third kappa shape index (κ3) is 8.46. The maximum atomic E-state index is 12.6. The summed E-state index contributed by atoms with van der Waals surface area (Å²) in [4.78, 5) is 48.7. The van der Waals surface area contributed by atoms with Gasteiger partial charge in [-0.2, -0.15) is 12.6 Å². The van der Waals surface area contributed by atoms with E-state index in [9.17, 15) is 29.4 Å². The van der Waals surface area contributed by atoms with E-state index in [1.54, 1.807) is 0 Å². The third-order valence-electron chi connectivity index (χ3n) is 4.82. The molecule has 5 unspecified atom stereocenters. The van der Waals surface area contributed by atoms with E-state index in [1.807, 2.05) is 0 Å². The molecular formula is C18H33N5O6S. The summed E-state index contributed by atoms with van der Waals surface area (Å²) < 4.78 is 0. The lowest BCUT2D eigenvalue weighted by molar-refractivity contribution is -0.143. The van der Waals surface area contributed by atoms with E-state index in [-0.39, 0.29) is 24.1 Å². The molecule has 1 saturated heterocycles. The van der Waals surface area contributed by atoms with Crippen molar-refractivity contribution < 1.29 is 29.4 Å². The zero-order chi connectivity index (χ0) is 22.7. The Morgan fingerprint density at radius 1 is 1.13 bits per heavy atom. The fraction of sp³-hybridized carbons (Fsp3) is 0.778. The molecule has 11 nitrogen and oxygen atoms in total. The zero-order valence-electron chi connectivity index (χ0n) is 17.1. The molecule has 1 fully saturated rings. The van der Waals surface area contributed by atoms with Gasteiger partial charge >= 0.3 is 5.97 Å². The molecule has 172 valence electrons. The monoisotopic (exact) mass is 447 g/mol. The maximum absolute atomic E-state index is 12.6. The number of hydrogen-bond acceptors (Lipinski definition) is 8. The predicted molar refractivity (Wildman–Crippen MR) is 113 cm³/mol. The Morgan fingerprint density at radius 2 is 1.83 bits per heavy atom. The van der Waals surface area contributed by atoms with Crippen LogP contribution in [0, 0.1) is 0 Å². The molecule has 0 bridgehead atoms. The van der Waals surface area contributed by atoms with Crippen LogP contribution in [0.1, 0.15) is 39.0 Å². The number of carboxylic acid groups (broad SMARTS) is 1. The molecule has 0 saturated carbocycles. The summed E-state index contributed by atoms with van der Waals surface area (Å²) in [6.07, 6.45) is 1.50. The van der Waals surface area contributed by atoms with Crippen LogP contribution in [-0.4, -0.2) is 83.0 Å². The van der Waals surface area contributed by atoms with E-state index in [0.717, 1.165) is 13.0 Å². The molecule has 1 heterocycles. The molecule has 0 spiro atoms. The second-order valence-electron chi connectivity index (χ2n) is 7.30. The molecule has 0 aromatic heterocycles. The Bertz CT molecular complexity index is 600. The highest BCUT2D eigenvalue weighted by Crippen LogP contribution is 2.06. The van der Waals surface area contributed by atoms with Gasteiger partial charge in [-0.05, 0) is 52.1 Å². The lowest BCUT2D eigenvalue weighted by Gasteiger charge is -2.26. The lowest BCUT2D eigenvalue weighted by Crippen LogP contribution is -2.60. The number of carbonyl (C=O) groups excluding carboxylic acids is 3. The summed E-state index contributed by atoms with van der Waals surface area (Å²) >= 11 is 4.08. The van der Waals surface area contributed by atoms with Gasteiger partial charge in [-0.15, -0.1) is 0 Å². The molecule has 0 aliphatic carbocycles. The highest BCUT2D eigenvalue weighted by atomic mass is 32.1. The molecule has 8 N–H and O–H groups in total. The molecule has 0 radical (unpaired) electrons. The van der Waals surface area contributed by atoms with E-state index < -0.39 is 42.0 Å². The molecule has 0 aromatic carbocycles. The number of unbranched alkanes of at least 4 members (excludes halogenated alkanes) is 1. The van der Waals surface area contributed by atoms with E-state index in [0.29, 0.717) is 25.8 Å². The van der Waals surface area contributed by atoms with Crippen LogP contribution in [0.5, 0.6) is 0 Å². The van der Waals surface area contributed by atoms with E-state index in [1.165, 1.54) is 6.92 Å². The number of nitrogens with one attached hydrogen (secondary N) is 4. The Morgan fingerprint density at radius 3 is 2.33 bits per heavy atom. The van der Waals surface area contributed by atoms with E-state index in [4.69, 9.17) is 5.73 Å². The van der Waals surface area contributed by atoms with Crippen LogP contribution in [0.4, 0.5) is 0 Å². The lowest BCUT2D eigenvalue weighted by atomic mass is 10.1. The quantitative estimate of drug-likeness (QED) is 0.115. The molecule has 1 aliphatic rings. The third-order valence-corrected chi connectivity index (χ3v) is 5.18. The number of carbonyl (C=O) groups is 4. The van der Waals surface area contributed by atoms with Crippen LogP contribution in [0.15, 0.2) is 0 Å². The van der Waals surface area contributed by atoms with Crippen molar-refractivity contribution in [2.45, 2.75) is 69.3 Å². The van der Waals surface area contributed by atoms with Crippen LogP contribution < -0.4 is 27.0 Å². The number of amides is 3. The second-order valence-corrected chi connectivity index (χ2v) is 7.67. The Balaban J connectivity index is 2.72. The van der Waals surface area contributed by atoms with Gasteiger partial charge in [-0.3, -0.25) is 14.4 Å². The minimum absolute atomic E-state index is 0.0186. The minimum atomic E-state index is -1.39. The molecule has 1 aliphatic heterocycles. The number of aliphatic hydroxyl groups excluding tert-OH is 1. The average Bonchev–Trinajstić information content (AvgIpc) is 3.23. The molecule has 5 atom stereocenters. The number of thiol groups is 1. The van der Waals surface area contributed by atoms with Gasteiger partial charge in [0.05, 0.1) is 12.1 Å². The predicted octanol–water partition coefficient (Wildman–Crippen LogP) is -2.28. The standard InChI is InChI=1S/C18H33N5O6S/c1-10(24)14(17(27)21-12(18(28)29)5-2-3-7-19)23-16(26)13(9-30)22-15(25)11-6-4-8-20-11/h10-14,20,24,30H,2-9,19H2,1H3,(H,21,27)(H,22,25)(H,23,26)(H,28,29). The SMILES string of the molecule is CC(O)C(NC(=O)C(CS)NC(=O)C1CCCN1)C(=O)NC(CCCCN)C(=O)O. The van der Waals surface area contributed by atoms with Crippen molar-refractivity contribution in [2.75, 3.05) is 18.8 Å². The molecule has 1 rings (SSSR count). The van der Waals surface area contributed by atoms with Gasteiger partial charge in [-0.25, -0.2) is 4.79 Å². The molecular weight excluding hydrogens is 414 g/mol. The molecule has 12 heteroatoms. The van der Waals surface area contributed by atoms with Gasteiger partial charge in [0.1, 0.15) is 18.1 Å². The number of aliphatic hydroxyl groups is 1. The van der Waals surface area contributed by atoms with Gasteiger partial charge in [0.25, 0.3) is 0 Å². The smallest absolute Gasteiger partial charge is 0.326 e. The van der Waals surface area contributed by atoms with E-state index in [2.05, 4.69) is 33.9 Å². The summed E-state index contributed by atoms with van der Waals surface area (Å²) in [5, 5.41) is 29.5. The fourth-order valence-electron chi connectivity index (χ4n) is 3.05. The first kappa shape index (κ1) is 26.1. The van der Waals surface area contributed by atoms with Crippen LogP contribution in [0.3, 0.4) is 0 Å². The van der Waals surface area contributed by atoms with Gasteiger partial charge < -0.3 is 37.2 Å². The largest absolute Gasteiger partial charge is 0.480 e. The molecule has 30 heavy (non-hydrogen) atoms. The fourth-order valence-corrected chi connectivity index (χ4v) is 3.30. The Labute approximate surface area is 181 Å². The summed E-state index contributed by atoms with van der Waals surface area (Å²) in [6, 6.07) is -3.97. The first-order valence-corrected chi connectivity index (χ1v) is 10.7. The number of rotatable bonds is 13. The maximum Gasteiger partial charge on any atom is 0.326 e. The van der Waals surface area contributed by atoms with Crippen molar-refractivity contribution in [3.8, 4) is 0 Å². The number of hydrogen-bond donors (Lipinski definition) is 8. The summed E-state index contributed by atoms with van der Waals surface area (Å²) in [6.45, 7) is 2.42. The topological polar surface area (TPSA) is 183 Å². The van der Waals surface area contributed by atoms with Crippen LogP contribution in [0.25, 0.3) is 0 Å². The highest BCUT2D eigenvalue weighted by molar-refractivity contribution is 7.80. The summed E-state index contributed by atoms with van der Waals surface area (Å²) in [5.74, 6) is -3.12.